The largest absolute Gasteiger partial charge is 0.485 e. The molecular weight excluding hydrogens is 408 g/mol. The fourth-order valence-corrected chi connectivity index (χ4v) is 3.91. The highest BCUT2D eigenvalue weighted by atomic mass is 79.9. The van der Waals surface area contributed by atoms with Gasteiger partial charge in [-0.05, 0) is 62.4 Å². The molecule has 3 aromatic rings. The van der Waals surface area contributed by atoms with Crippen LogP contribution in [0.25, 0.3) is 11.0 Å². The summed E-state index contributed by atoms with van der Waals surface area (Å²) in [5, 5.41) is 0.980. The van der Waals surface area contributed by atoms with Crippen LogP contribution in [0.5, 0.6) is 5.75 Å². The third kappa shape index (κ3) is 3.44. The molecule has 0 amide bonds. The van der Waals surface area contributed by atoms with Gasteiger partial charge in [-0.25, -0.2) is 4.79 Å². The predicted octanol–water partition coefficient (Wildman–Crippen LogP) is 5.00. The molecule has 0 aliphatic heterocycles. The minimum Gasteiger partial charge on any atom is -0.485 e. The molecule has 0 saturated carbocycles. The number of carbonyl (C=O) groups is 1. The summed E-state index contributed by atoms with van der Waals surface area (Å²) in [4.78, 5) is 24.7. The second-order valence-electron chi connectivity index (χ2n) is 6.84. The van der Waals surface area contributed by atoms with Crippen LogP contribution in [0.4, 0.5) is 0 Å². The van der Waals surface area contributed by atoms with Crippen LogP contribution in [0.2, 0.25) is 0 Å². The SMILES string of the molecule is Cc1c(OCC(=O)c2ccc(Br)cc2)ccc2c3c(c(=O)oc12)CCCC3. The first-order valence-electron chi connectivity index (χ1n) is 9.04. The number of ketones is 1. The first-order valence-corrected chi connectivity index (χ1v) is 9.83. The van der Waals surface area contributed by atoms with Crippen molar-refractivity contribution < 1.29 is 13.9 Å². The summed E-state index contributed by atoms with van der Waals surface area (Å²) in [6, 6.07) is 11.0. The first-order chi connectivity index (χ1) is 13.0. The Hall–Kier alpha value is -2.40. The Labute approximate surface area is 165 Å². The Morgan fingerprint density at radius 2 is 1.78 bits per heavy atom. The molecule has 27 heavy (non-hydrogen) atoms. The molecule has 1 aliphatic carbocycles. The second kappa shape index (κ2) is 7.31. The maximum Gasteiger partial charge on any atom is 0.339 e. The van der Waals surface area contributed by atoms with Crippen molar-refractivity contribution in [3.05, 3.63) is 73.5 Å². The van der Waals surface area contributed by atoms with Crippen LogP contribution in [0.15, 0.2) is 50.1 Å². The van der Waals surface area contributed by atoms with Crippen LogP contribution in [-0.4, -0.2) is 12.4 Å². The fraction of sp³-hybridized carbons (Fsp3) is 0.273. The standard InChI is InChI=1S/C22H19BrO4/c1-13-20(26-12-19(24)14-6-8-15(23)9-7-14)11-10-17-16-4-2-3-5-18(16)22(25)27-21(13)17/h6-11H,2-5,12H2,1H3. The fourth-order valence-electron chi connectivity index (χ4n) is 3.64. The molecule has 0 saturated heterocycles. The van der Waals surface area contributed by atoms with Gasteiger partial charge in [0.25, 0.3) is 0 Å². The summed E-state index contributed by atoms with van der Waals surface area (Å²) >= 11 is 3.36. The predicted molar refractivity (Wildman–Crippen MR) is 108 cm³/mol. The molecule has 0 spiro atoms. The summed E-state index contributed by atoms with van der Waals surface area (Å²) in [6.07, 6.45) is 3.80. The zero-order valence-corrected chi connectivity index (χ0v) is 16.6. The van der Waals surface area contributed by atoms with Crippen molar-refractivity contribution in [2.24, 2.45) is 0 Å². The van der Waals surface area contributed by atoms with E-state index in [4.69, 9.17) is 9.15 Å². The van der Waals surface area contributed by atoms with Gasteiger partial charge in [0.2, 0.25) is 0 Å². The molecule has 0 N–H and O–H groups in total. The minimum absolute atomic E-state index is 0.0663. The number of carbonyl (C=O) groups excluding carboxylic acids is 1. The second-order valence-corrected chi connectivity index (χ2v) is 7.75. The van der Waals surface area contributed by atoms with E-state index in [1.807, 2.05) is 31.2 Å². The van der Waals surface area contributed by atoms with Crippen molar-refractivity contribution >= 4 is 32.7 Å². The van der Waals surface area contributed by atoms with E-state index in [2.05, 4.69) is 15.9 Å². The van der Waals surface area contributed by atoms with Gasteiger partial charge in [-0.3, -0.25) is 4.79 Å². The van der Waals surface area contributed by atoms with E-state index >= 15 is 0 Å². The third-order valence-corrected chi connectivity index (χ3v) is 5.64. The molecule has 1 aliphatic rings. The molecule has 1 heterocycles. The number of halogens is 1. The van der Waals surface area contributed by atoms with Gasteiger partial charge in [0.05, 0.1) is 0 Å². The van der Waals surface area contributed by atoms with Gasteiger partial charge in [0.1, 0.15) is 11.3 Å². The number of rotatable bonds is 4. The van der Waals surface area contributed by atoms with Crippen molar-refractivity contribution in [3.63, 3.8) is 0 Å². The van der Waals surface area contributed by atoms with Crippen LogP contribution >= 0.6 is 15.9 Å². The summed E-state index contributed by atoms with van der Waals surface area (Å²) in [5.41, 5.74) is 3.58. The van der Waals surface area contributed by atoms with Gasteiger partial charge >= 0.3 is 5.63 Å². The van der Waals surface area contributed by atoms with Crippen LogP contribution in [0.1, 0.15) is 39.9 Å². The number of Topliss-reactive ketones (excluding diaryl/α,β-unsaturated/α-hetero) is 1. The molecule has 0 fully saturated rings. The van der Waals surface area contributed by atoms with E-state index in [1.165, 1.54) is 0 Å². The number of hydrogen-bond donors (Lipinski definition) is 0. The van der Waals surface area contributed by atoms with Gasteiger partial charge in [0, 0.05) is 26.5 Å². The van der Waals surface area contributed by atoms with E-state index in [0.717, 1.165) is 52.2 Å². The molecule has 4 nitrogen and oxygen atoms in total. The van der Waals surface area contributed by atoms with Gasteiger partial charge in [-0.2, -0.15) is 0 Å². The lowest BCUT2D eigenvalue weighted by Crippen LogP contribution is -2.16. The van der Waals surface area contributed by atoms with Crippen molar-refractivity contribution in [1.82, 2.24) is 0 Å². The molecular formula is C22H19BrO4. The maximum atomic E-state index is 12.4. The Balaban J connectivity index is 1.63. The van der Waals surface area contributed by atoms with Crippen molar-refractivity contribution in [1.29, 1.82) is 0 Å². The molecule has 5 heteroatoms. The van der Waals surface area contributed by atoms with Gasteiger partial charge in [0.15, 0.2) is 12.4 Å². The van der Waals surface area contributed by atoms with E-state index in [-0.39, 0.29) is 18.0 Å². The van der Waals surface area contributed by atoms with E-state index in [1.54, 1.807) is 12.1 Å². The van der Waals surface area contributed by atoms with Gasteiger partial charge in [-0.1, -0.05) is 28.1 Å². The van der Waals surface area contributed by atoms with E-state index in [9.17, 15) is 9.59 Å². The Bertz CT molecular complexity index is 1080. The van der Waals surface area contributed by atoms with Crippen molar-refractivity contribution in [3.8, 4) is 5.75 Å². The maximum absolute atomic E-state index is 12.4. The first kappa shape index (κ1) is 18.0. The quantitative estimate of drug-likeness (QED) is 0.434. The normalized spacial score (nSPS) is 13.4. The number of aryl methyl sites for hydroxylation is 2. The number of ether oxygens (including phenoxy) is 1. The number of hydrogen-bond acceptors (Lipinski definition) is 4. The average Bonchev–Trinajstić information content (AvgIpc) is 2.68. The van der Waals surface area contributed by atoms with Crippen LogP contribution in [0, 0.1) is 6.92 Å². The lowest BCUT2D eigenvalue weighted by atomic mass is 9.90. The summed E-state index contributed by atoms with van der Waals surface area (Å²) in [7, 11) is 0. The zero-order valence-electron chi connectivity index (χ0n) is 15.0. The Kier molecular flexibility index (Phi) is 4.87. The minimum atomic E-state index is -0.247. The van der Waals surface area contributed by atoms with Crippen molar-refractivity contribution in [2.45, 2.75) is 32.6 Å². The molecule has 138 valence electrons. The lowest BCUT2D eigenvalue weighted by Gasteiger charge is -2.18. The summed E-state index contributed by atoms with van der Waals surface area (Å²) in [5.74, 6) is 0.459. The van der Waals surface area contributed by atoms with Gasteiger partial charge in [-0.15, -0.1) is 0 Å². The zero-order chi connectivity index (χ0) is 19.0. The Morgan fingerprint density at radius 3 is 2.52 bits per heavy atom. The molecule has 0 unspecified atom stereocenters. The van der Waals surface area contributed by atoms with Crippen LogP contribution < -0.4 is 10.4 Å². The molecule has 1 aromatic heterocycles. The highest BCUT2D eigenvalue weighted by molar-refractivity contribution is 9.10. The molecule has 0 radical (unpaired) electrons. The monoisotopic (exact) mass is 426 g/mol. The number of fused-ring (bicyclic) bond motifs is 3. The topological polar surface area (TPSA) is 56.5 Å². The van der Waals surface area contributed by atoms with Crippen LogP contribution in [0.3, 0.4) is 0 Å². The van der Waals surface area contributed by atoms with Gasteiger partial charge < -0.3 is 9.15 Å². The van der Waals surface area contributed by atoms with E-state index < -0.39 is 0 Å². The smallest absolute Gasteiger partial charge is 0.339 e. The van der Waals surface area contributed by atoms with Crippen molar-refractivity contribution in [2.75, 3.05) is 6.61 Å². The third-order valence-electron chi connectivity index (χ3n) is 5.12. The highest BCUT2D eigenvalue weighted by Gasteiger charge is 2.20. The summed E-state index contributed by atoms with van der Waals surface area (Å²) in [6.45, 7) is 1.79. The summed E-state index contributed by atoms with van der Waals surface area (Å²) < 4.78 is 12.3. The lowest BCUT2D eigenvalue weighted by molar-refractivity contribution is 0.0921. The molecule has 0 bridgehead atoms. The average molecular weight is 427 g/mol. The molecule has 2 aromatic carbocycles. The van der Waals surface area contributed by atoms with E-state index in [0.29, 0.717) is 16.9 Å². The Morgan fingerprint density at radius 1 is 1.07 bits per heavy atom. The molecule has 4 rings (SSSR count). The van der Waals surface area contributed by atoms with Crippen LogP contribution in [-0.2, 0) is 12.8 Å². The number of benzene rings is 2. The highest BCUT2D eigenvalue weighted by Crippen LogP contribution is 2.32. The molecule has 0 atom stereocenters.